The van der Waals surface area contributed by atoms with Crippen molar-refractivity contribution < 1.29 is 4.79 Å². The van der Waals surface area contributed by atoms with E-state index in [1.54, 1.807) is 13.2 Å². The molecule has 0 aliphatic carbocycles. The van der Waals surface area contributed by atoms with Crippen LogP contribution in [-0.4, -0.2) is 58.8 Å². The monoisotopic (exact) mass is 334 g/mol. The van der Waals surface area contributed by atoms with E-state index >= 15 is 0 Å². The number of carbonyl (C=O) groups excluding carboxylic acids is 1. The van der Waals surface area contributed by atoms with Gasteiger partial charge in [0.2, 0.25) is 0 Å². The van der Waals surface area contributed by atoms with E-state index in [-0.39, 0.29) is 5.91 Å². The molecule has 1 amide bonds. The highest BCUT2D eigenvalue weighted by Crippen LogP contribution is 2.18. The Balaban J connectivity index is 1.67. The Morgan fingerprint density at radius 2 is 1.91 bits per heavy atom. The van der Waals surface area contributed by atoms with Crippen molar-refractivity contribution in [2.24, 2.45) is 7.05 Å². The van der Waals surface area contributed by atoms with Gasteiger partial charge in [-0.25, -0.2) is 4.98 Å². The van der Waals surface area contributed by atoms with Gasteiger partial charge in [0.05, 0.1) is 23.1 Å². The third-order valence-corrected chi connectivity index (χ3v) is 4.22. The van der Waals surface area contributed by atoms with Gasteiger partial charge < -0.3 is 15.1 Å². The summed E-state index contributed by atoms with van der Waals surface area (Å²) in [6, 6.07) is 3.77. The first kappa shape index (κ1) is 15.8. The average molecular weight is 335 g/mol. The van der Waals surface area contributed by atoms with Crippen LogP contribution in [0, 0.1) is 0 Å². The zero-order valence-corrected chi connectivity index (χ0v) is 13.9. The summed E-state index contributed by atoms with van der Waals surface area (Å²) in [7, 11) is 3.79. The maximum absolute atomic E-state index is 12.2. The Hall–Kier alpha value is -2.12. The van der Waals surface area contributed by atoms with E-state index in [1.807, 2.05) is 12.1 Å². The number of pyridine rings is 1. The van der Waals surface area contributed by atoms with Crippen LogP contribution in [0.15, 0.2) is 24.5 Å². The number of amides is 1. The van der Waals surface area contributed by atoms with Crippen molar-refractivity contribution in [3.8, 4) is 0 Å². The summed E-state index contributed by atoms with van der Waals surface area (Å²) in [4.78, 5) is 21.2. The number of halogens is 1. The van der Waals surface area contributed by atoms with Gasteiger partial charge in [0, 0.05) is 33.2 Å². The van der Waals surface area contributed by atoms with Gasteiger partial charge in [-0.05, 0) is 19.2 Å². The first-order chi connectivity index (χ1) is 11.0. The van der Waals surface area contributed by atoms with E-state index in [2.05, 4.69) is 32.2 Å². The molecule has 2 aromatic rings. The molecule has 1 aliphatic heterocycles. The van der Waals surface area contributed by atoms with Crippen LogP contribution in [0.25, 0.3) is 0 Å². The molecule has 1 fully saturated rings. The highest BCUT2D eigenvalue weighted by atomic mass is 35.5. The zero-order chi connectivity index (χ0) is 16.4. The molecule has 0 radical (unpaired) electrons. The van der Waals surface area contributed by atoms with Gasteiger partial charge in [-0.2, -0.15) is 5.10 Å². The molecule has 1 saturated heterocycles. The Morgan fingerprint density at radius 3 is 2.48 bits per heavy atom. The van der Waals surface area contributed by atoms with Gasteiger partial charge in [-0.1, -0.05) is 11.6 Å². The van der Waals surface area contributed by atoms with E-state index in [0.717, 1.165) is 32.0 Å². The topological polar surface area (TPSA) is 66.3 Å². The minimum Gasteiger partial charge on any atom is -0.354 e. The van der Waals surface area contributed by atoms with Crippen molar-refractivity contribution in [1.29, 1.82) is 0 Å². The van der Waals surface area contributed by atoms with Gasteiger partial charge in [-0.3, -0.25) is 9.48 Å². The standard InChI is InChI=1S/C15H19ClN6O/c1-20-5-7-22(8-6-20)13-4-3-11(9-17-13)19-15(23)14-12(16)10-18-21(14)2/h3-4,9-10H,5-8H2,1-2H3,(H,19,23). The summed E-state index contributed by atoms with van der Waals surface area (Å²) in [5.41, 5.74) is 0.958. The summed E-state index contributed by atoms with van der Waals surface area (Å²) in [5, 5.41) is 7.07. The highest BCUT2D eigenvalue weighted by Gasteiger charge is 2.17. The van der Waals surface area contributed by atoms with Crippen molar-refractivity contribution in [2.45, 2.75) is 0 Å². The number of hydrogen-bond acceptors (Lipinski definition) is 5. The predicted molar refractivity (Wildman–Crippen MR) is 90.1 cm³/mol. The van der Waals surface area contributed by atoms with E-state index in [9.17, 15) is 4.79 Å². The number of nitrogens with zero attached hydrogens (tertiary/aromatic N) is 5. The lowest BCUT2D eigenvalue weighted by atomic mass is 10.3. The van der Waals surface area contributed by atoms with Crippen LogP contribution < -0.4 is 10.2 Å². The summed E-state index contributed by atoms with van der Waals surface area (Å²) < 4.78 is 1.45. The van der Waals surface area contributed by atoms with Crippen molar-refractivity contribution >= 4 is 29.0 Å². The van der Waals surface area contributed by atoms with E-state index in [4.69, 9.17) is 11.6 Å². The number of nitrogens with one attached hydrogen (secondary N) is 1. The van der Waals surface area contributed by atoms with Gasteiger partial charge in [0.15, 0.2) is 0 Å². The number of hydrogen-bond donors (Lipinski definition) is 1. The predicted octanol–water partition coefficient (Wildman–Crippen LogP) is 1.47. The van der Waals surface area contributed by atoms with Crippen LogP contribution in [-0.2, 0) is 7.05 Å². The molecule has 0 aromatic carbocycles. The molecule has 1 N–H and O–H groups in total. The molecule has 2 aromatic heterocycles. The van der Waals surface area contributed by atoms with Crippen LogP contribution in [0.3, 0.4) is 0 Å². The maximum atomic E-state index is 12.2. The molecule has 3 heterocycles. The second kappa shape index (κ2) is 6.55. The summed E-state index contributed by atoms with van der Waals surface area (Å²) in [6.07, 6.45) is 3.11. The molecule has 122 valence electrons. The normalized spacial score (nSPS) is 15.7. The lowest BCUT2D eigenvalue weighted by molar-refractivity contribution is 0.101. The first-order valence-electron chi connectivity index (χ1n) is 7.43. The Kier molecular flexibility index (Phi) is 4.49. The molecular weight excluding hydrogens is 316 g/mol. The number of likely N-dealkylation sites (N-methyl/N-ethyl adjacent to an activating group) is 1. The van der Waals surface area contributed by atoms with Crippen molar-refractivity contribution in [3.63, 3.8) is 0 Å². The Bertz CT molecular complexity index is 671. The Morgan fingerprint density at radius 1 is 1.17 bits per heavy atom. The van der Waals surface area contributed by atoms with Crippen LogP contribution in [0.4, 0.5) is 11.5 Å². The number of anilines is 2. The molecule has 0 atom stereocenters. The van der Waals surface area contributed by atoms with Gasteiger partial charge in [0.25, 0.3) is 5.91 Å². The van der Waals surface area contributed by atoms with E-state index in [0.29, 0.717) is 16.4 Å². The molecule has 3 rings (SSSR count). The van der Waals surface area contributed by atoms with Crippen molar-refractivity contribution in [1.82, 2.24) is 19.7 Å². The number of rotatable bonds is 3. The highest BCUT2D eigenvalue weighted by molar-refractivity contribution is 6.34. The fourth-order valence-electron chi connectivity index (χ4n) is 2.54. The molecule has 7 nitrogen and oxygen atoms in total. The molecule has 8 heteroatoms. The summed E-state index contributed by atoms with van der Waals surface area (Å²) in [5.74, 6) is 0.624. The zero-order valence-electron chi connectivity index (χ0n) is 13.2. The SMILES string of the molecule is CN1CCN(c2ccc(NC(=O)c3c(Cl)cnn3C)cn2)CC1. The number of piperazine rings is 1. The molecular formula is C15H19ClN6O. The van der Waals surface area contributed by atoms with Crippen LogP contribution in [0.1, 0.15) is 10.5 Å². The number of aromatic nitrogens is 3. The van der Waals surface area contributed by atoms with Gasteiger partial charge in [0.1, 0.15) is 11.5 Å². The Labute approximate surface area is 139 Å². The largest absolute Gasteiger partial charge is 0.354 e. The first-order valence-corrected chi connectivity index (χ1v) is 7.81. The third-order valence-electron chi connectivity index (χ3n) is 3.94. The number of carbonyl (C=O) groups is 1. The van der Waals surface area contributed by atoms with Crippen LogP contribution in [0.5, 0.6) is 0 Å². The van der Waals surface area contributed by atoms with Gasteiger partial charge in [-0.15, -0.1) is 0 Å². The van der Waals surface area contributed by atoms with Crippen LogP contribution >= 0.6 is 11.6 Å². The number of aryl methyl sites for hydroxylation is 1. The van der Waals surface area contributed by atoms with Crippen molar-refractivity contribution in [2.75, 3.05) is 43.4 Å². The summed E-state index contributed by atoms with van der Waals surface area (Å²) >= 11 is 5.97. The minimum atomic E-state index is -0.302. The smallest absolute Gasteiger partial charge is 0.275 e. The molecule has 0 saturated carbocycles. The van der Waals surface area contributed by atoms with E-state index < -0.39 is 0 Å². The van der Waals surface area contributed by atoms with Gasteiger partial charge >= 0.3 is 0 Å². The van der Waals surface area contributed by atoms with Crippen LogP contribution in [0.2, 0.25) is 5.02 Å². The molecule has 0 unspecified atom stereocenters. The third kappa shape index (κ3) is 3.46. The lowest BCUT2D eigenvalue weighted by Crippen LogP contribution is -2.44. The fourth-order valence-corrected chi connectivity index (χ4v) is 2.79. The minimum absolute atomic E-state index is 0.302. The molecule has 0 spiro atoms. The lowest BCUT2D eigenvalue weighted by Gasteiger charge is -2.33. The quantitative estimate of drug-likeness (QED) is 0.920. The second-order valence-electron chi connectivity index (χ2n) is 5.61. The average Bonchev–Trinajstić information content (AvgIpc) is 2.88. The molecule has 1 aliphatic rings. The summed E-state index contributed by atoms with van der Waals surface area (Å²) in [6.45, 7) is 3.97. The maximum Gasteiger partial charge on any atom is 0.275 e. The fraction of sp³-hybridized carbons (Fsp3) is 0.400. The second-order valence-corrected chi connectivity index (χ2v) is 6.02. The van der Waals surface area contributed by atoms with E-state index in [1.165, 1.54) is 10.9 Å². The van der Waals surface area contributed by atoms with Crippen molar-refractivity contribution in [3.05, 3.63) is 35.2 Å². The molecule has 0 bridgehead atoms. The molecule has 23 heavy (non-hydrogen) atoms.